The highest BCUT2D eigenvalue weighted by atomic mass is 16.2. The lowest BCUT2D eigenvalue weighted by atomic mass is 9.87. The summed E-state index contributed by atoms with van der Waals surface area (Å²) in [6, 6.07) is 0.272. The number of nitrogens with zero attached hydrogens (tertiary/aromatic N) is 1. The minimum absolute atomic E-state index is 0.0673. The zero-order valence-electron chi connectivity index (χ0n) is 12.0. The number of amides is 1. The molecule has 1 aliphatic rings. The zero-order chi connectivity index (χ0) is 13.1. The Bertz CT molecular complexity index is 251. The Kier molecular flexibility index (Phi) is 4.99. The van der Waals surface area contributed by atoms with Gasteiger partial charge in [-0.25, -0.2) is 0 Å². The maximum absolute atomic E-state index is 12.2. The van der Waals surface area contributed by atoms with Crippen LogP contribution in [0.5, 0.6) is 0 Å². The maximum Gasteiger partial charge on any atom is 0.239 e. The third kappa shape index (κ3) is 4.30. The highest BCUT2D eigenvalue weighted by Gasteiger charge is 2.27. The van der Waals surface area contributed by atoms with Crippen LogP contribution in [-0.2, 0) is 4.79 Å². The molecule has 1 fully saturated rings. The maximum atomic E-state index is 12.2. The summed E-state index contributed by atoms with van der Waals surface area (Å²) in [6.45, 7) is 12.6. The lowest BCUT2D eigenvalue weighted by Gasteiger charge is -2.34. The second kappa shape index (κ2) is 5.85. The van der Waals surface area contributed by atoms with Crippen molar-refractivity contribution in [3.8, 4) is 0 Å². The van der Waals surface area contributed by atoms with Gasteiger partial charge in [0.05, 0.1) is 6.04 Å². The van der Waals surface area contributed by atoms with Crippen molar-refractivity contribution in [1.82, 2.24) is 10.2 Å². The standard InChI is InChI=1S/C14H28N2O/c1-11(15-12(2)14(3,4)5)13(17)16-9-7-6-8-10-16/h11-12,15H,6-10H2,1-5H3. The average molecular weight is 240 g/mol. The van der Waals surface area contributed by atoms with Gasteiger partial charge >= 0.3 is 0 Å². The van der Waals surface area contributed by atoms with Crippen LogP contribution in [0, 0.1) is 5.41 Å². The quantitative estimate of drug-likeness (QED) is 0.821. The average Bonchev–Trinajstić information content (AvgIpc) is 2.27. The Balaban J connectivity index is 2.46. The van der Waals surface area contributed by atoms with Gasteiger partial charge in [-0.1, -0.05) is 20.8 Å². The number of nitrogens with one attached hydrogen (secondary N) is 1. The molecule has 2 unspecified atom stereocenters. The minimum atomic E-state index is -0.0673. The van der Waals surface area contributed by atoms with Crippen LogP contribution in [0.25, 0.3) is 0 Å². The van der Waals surface area contributed by atoms with E-state index in [1.807, 2.05) is 11.8 Å². The van der Waals surface area contributed by atoms with Crippen LogP contribution in [0.3, 0.4) is 0 Å². The molecule has 3 nitrogen and oxygen atoms in total. The number of likely N-dealkylation sites (tertiary alicyclic amines) is 1. The summed E-state index contributed by atoms with van der Waals surface area (Å²) in [5.41, 5.74) is 0.191. The van der Waals surface area contributed by atoms with E-state index in [-0.39, 0.29) is 17.4 Å². The SMILES string of the molecule is CC(NC(C)C(C)(C)C)C(=O)N1CCCCC1. The summed E-state index contributed by atoms with van der Waals surface area (Å²) in [5, 5.41) is 3.43. The molecule has 0 aromatic rings. The van der Waals surface area contributed by atoms with Crippen LogP contribution in [-0.4, -0.2) is 36.0 Å². The summed E-state index contributed by atoms with van der Waals surface area (Å²) >= 11 is 0. The molecule has 0 spiro atoms. The highest BCUT2D eigenvalue weighted by molar-refractivity contribution is 5.81. The molecular weight excluding hydrogens is 212 g/mol. The molecule has 1 rings (SSSR count). The minimum Gasteiger partial charge on any atom is -0.341 e. The molecule has 0 aromatic carbocycles. The van der Waals surface area contributed by atoms with Crippen LogP contribution >= 0.6 is 0 Å². The number of carbonyl (C=O) groups excluding carboxylic acids is 1. The van der Waals surface area contributed by atoms with Crippen molar-refractivity contribution in [2.24, 2.45) is 5.41 Å². The fraction of sp³-hybridized carbons (Fsp3) is 0.929. The van der Waals surface area contributed by atoms with Crippen molar-refractivity contribution < 1.29 is 4.79 Å². The number of piperidine rings is 1. The smallest absolute Gasteiger partial charge is 0.239 e. The van der Waals surface area contributed by atoms with Gasteiger partial charge in [0.2, 0.25) is 5.91 Å². The Morgan fingerprint density at radius 2 is 1.65 bits per heavy atom. The van der Waals surface area contributed by atoms with E-state index in [9.17, 15) is 4.79 Å². The van der Waals surface area contributed by atoms with Crippen LogP contribution in [0.15, 0.2) is 0 Å². The van der Waals surface area contributed by atoms with Crippen molar-refractivity contribution in [2.75, 3.05) is 13.1 Å². The molecule has 3 heteroatoms. The van der Waals surface area contributed by atoms with E-state index in [4.69, 9.17) is 0 Å². The first-order chi connectivity index (χ1) is 7.82. The van der Waals surface area contributed by atoms with Crippen LogP contribution < -0.4 is 5.32 Å². The fourth-order valence-electron chi connectivity index (χ4n) is 2.08. The fourth-order valence-corrected chi connectivity index (χ4v) is 2.08. The zero-order valence-corrected chi connectivity index (χ0v) is 12.0. The molecule has 17 heavy (non-hydrogen) atoms. The Labute approximate surface area is 106 Å². The number of rotatable bonds is 3. The molecule has 100 valence electrons. The van der Waals surface area contributed by atoms with Gasteiger partial charge in [0.15, 0.2) is 0 Å². The Morgan fingerprint density at radius 3 is 2.12 bits per heavy atom. The van der Waals surface area contributed by atoms with E-state index in [0.29, 0.717) is 6.04 Å². The summed E-state index contributed by atoms with van der Waals surface area (Å²) in [7, 11) is 0. The third-order valence-corrected chi connectivity index (χ3v) is 3.84. The second-order valence-corrected chi connectivity index (χ2v) is 6.36. The molecule has 1 saturated heterocycles. The Hall–Kier alpha value is -0.570. The molecule has 0 bridgehead atoms. The van der Waals surface area contributed by atoms with Gasteiger partial charge in [-0.3, -0.25) is 4.79 Å². The molecule has 0 aromatic heterocycles. The summed E-state index contributed by atoms with van der Waals surface area (Å²) < 4.78 is 0. The first kappa shape index (κ1) is 14.5. The van der Waals surface area contributed by atoms with Crippen molar-refractivity contribution in [1.29, 1.82) is 0 Å². The van der Waals surface area contributed by atoms with Gasteiger partial charge in [-0.15, -0.1) is 0 Å². The van der Waals surface area contributed by atoms with Crippen molar-refractivity contribution in [2.45, 2.75) is 66.0 Å². The second-order valence-electron chi connectivity index (χ2n) is 6.36. The van der Waals surface area contributed by atoms with E-state index >= 15 is 0 Å². The third-order valence-electron chi connectivity index (χ3n) is 3.84. The predicted octanol–water partition coefficient (Wildman–Crippen LogP) is 2.41. The molecular formula is C14H28N2O. The monoisotopic (exact) mass is 240 g/mol. The van der Waals surface area contributed by atoms with Gasteiger partial charge in [0, 0.05) is 19.1 Å². The lowest BCUT2D eigenvalue weighted by Crippen LogP contribution is -2.51. The van der Waals surface area contributed by atoms with Crippen molar-refractivity contribution in [3.05, 3.63) is 0 Å². The van der Waals surface area contributed by atoms with E-state index in [1.165, 1.54) is 6.42 Å². The summed E-state index contributed by atoms with van der Waals surface area (Å²) in [5.74, 6) is 0.265. The number of hydrogen-bond acceptors (Lipinski definition) is 2. The van der Waals surface area contributed by atoms with Gasteiger partial charge in [-0.2, -0.15) is 0 Å². The van der Waals surface area contributed by atoms with Gasteiger partial charge in [0.25, 0.3) is 0 Å². The lowest BCUT2D eigenvalue weighted by molar-refractivity contribution is -0.134. The molecule has 2 atom stereocenters. The first-order valence-electron chi connectivity index (χ1n) is 6.87. The van der Waals surface area contributed by atoms with E-state index < -0.39 is 0 Å². The van der Waals surface area contributed by atoms with Crippen LogP contribution in [0.2, 0.25) is 0 Å². The summed E-state index contributed by atoms with van der Waals surface area (Å²) in [4.78, 5) is 14.2. The van der Waals surface area contributed by atoms with E-state index in [2.05, 4.69) is 33.0 Å². The van der Waals surface area contributed by atoms with Crippen molar-refractivity contribution >= 4 is 5.91 Å². The molecule has 0 saturated carbocycles. The molecule has 1 aliphatic heterocycles. The van der Waals surface area contributed by atoms with Crippen LogP contribution in [0.4, 0.5) is 0 Å². The normalized spacial score (nSPS) is 21.1. The molecule has 1 N–H and O–H groups in total. The van der Waals surface area contributed by atoms with Gasteiger partial charge in [0.1, 0.15) is 0 Å². The number of carbonyl (C=O) groups is 1. The summed E-state index contributed by atoms with van der Waals surface area (Å²) in [6.07, 6.45) is 3.59. The largest absolute Gasteiger partial charge is 0.341 e. The van der Waals surface area contributed by atoms with Crippen molar-refractivity contribution in [3.63, 3.8) is 0 Å². The topological polar surface area (TPSA) is 32.3 Å². The molecule has 0 radical (unpaired) electrons. The first-order valence-corrected chi connectivity index (χ1v) is 6.87. The van der Waals surface area contributed by atoms with Gasteiger partial charge < -0.3 is 10.2 Å². The molecule has 1 amide bonds. The van der Waals surface area contributed by atoms with E-state index in [0.717, 1.165) is 25.9 Å². The highest BCUT2D eigenvalue weighted by Crippen LogP contribution is 2.19. The molecule has 1 heterocycles. The molecule has 0 aliphatic carbocycles. The van der Waals surface area contributed by atoms with Gasteiger partial charge in [-0.05, 0) is 38.5 Å². The van der Waals surface area contributed by atoms with Crippen LogP contribution in [0.1, 0.15) is 53.9 Å². The Morgan fingerprint density at radius 1 is 1.12 bits per heavy atom. The number of hydrogen-bond donors (Lipinski definition) is 1. The predicted molar refractivity (Wildman–Crippen MR) is 71.9 cm³/mol. The van der Waals surface area contributed by atoms with E-state index in [1.54, 1.807) is 0 Å².